The molecule has 48 valence electrons. The molecule has 1 aliphatic rings. The maximum atomic E-state index is 2.31. The van der Waals surface area contributed by atoms with E-state index >= 15 is 0 Å². The summed E-state index contributed by atoms with van der Waals surface area (Å²) in [6, 6.07) is 0. The van der Waals surface area contributed by atoms with Crippen LogP contribution in [0, 0.1) is 5.92 Å². The van der Waals surface area contributed by atoms with Crippen molar-refractivity contribution in [1.82, 2.24) is 0 Å². The summed E-state index contributed by atoms with van der Waals surface area (Å²) in [5.74, 6) is 0.907. The second kappa shape index (κ2) is 2.30. The number of hydrogen-bond acceptors (Lipinski definition) is 1. The highest BCUT2D eigenvalue weighted by Gasteiger charge is 2.38. The van der Waals surface area contributed by atoms with Gasteiger partial charge in [0.25, 0.3) is 0 Å². The third kappa shape index (κ3) is 1.19. The predicted molar refractivity (Wildman–Crippen MR) is 40.3 cm³/mol. The maximum absolute atomic E-state index is 2.31. The van der Waals surface area contributed by atoms with Crippen molar-refractivity contribution in [3.05, 3.63) is 0 Å². The van der Waals surface area contributed by atoms with Gasteiger partial charge < -0.3 is 0 Å². The number of thioether (sulfide) groups is 1. The normalized spacial score (nSPS) is 36.0. The second-order valence-corrected chi connectivity index (χ2v) is 4.21. The molecule has 0 radical (unpaired) electrons. The molecule has 1 aliphatic heterocycles. The van der Waals surface area contributed by atoms with Crippen molar-refractivity contribution in [2.75, 3.05) is 0 Å². The van der Waals surface area contributed by atoms with Crippen molar-refractivity contribution < 1.29 is 0 Å². The highest BCUT2D eigenvalue weighted by Crippen LogP contribution is 2.47. The van der Waals surface area contributed by atoms with Gasteiger partial charge in [-0.05, 0) is 12.3 Å². The molecule has 1 heterocycles. The lowest BCUT2D eigenvalue weighted by atomic mass is 10.1. The van der Waals surface area contributed by atoms with E-state index in [4.69, 9.17) is 0 Å². The average Bonchev–Trinajstić information content (AvgIpc) is 2.42. The SMILES string of the molecule is CCC1SC1C(C)C. The summed E-state index contributed by atoms with van der Waals surface area (Å²) in [6.07, 6.45) is 1.37. The summed E-state index contributed by atoms with van der Waals surface area (Å²) in [6.45, 7) is 6.90. The largest absolute Gasteiger partial charge is 0.153 e. The number of hydrogen-bond donors (Lipinski definition) is 0. The van der Waals surface area contributed by atoms with E-state index in [0.717, 1.165) is 16.4 Å². The Balaban J connectivity index is 2.16. The molecule has 0 spiro atoms. The van der Waals surface area contributed by atoms with E-state index < -0.39 is 0 Å². The lowest BCUT2D eigenvalue weighted by molar-refractivity contribution is 0.629. The third-order valence-electron chi connectivity index (χ3n) is 1.68. The zero-order chi connectivity index (χ0) is 6.15. The van der Waals surface area contributed by atoms with Gasteiger partial charge in [-0.1, -0.05) is 20.8 Å². The Kier molecular flexibility index (Phi) is 1.86. The Morgan fingerprint density at radius 1 is 1.50 bits per heavy atom. The summed E-state index contributed by atoms with van der Waals surface area (Å²) in [4.78, 5) is 0. The first kappa shape index (κ1) is 6.47. The van der Waals surface area contributed by atoms with Crippen LogP contribution >= 0.6 is 11.8 Å². The molecule has 0 nitrogen and oxygen atoms in total. The lowest BCUT2D eigenvalue weighted by Gasteiger charge is -1.96. The fourth-order valence-electron chi connectivity index (χ4n) is 1.07. The van der Waals surface area contributed by atoms with Gasteiger partial charge in [-0.25, -0.2) is 0 Å². The van der Waals surface area contributed by atoms with Gasteiger partial charge in [-0.15, -0.1) is 0 Å². The van der Waals surface area contributed by atoms with Gasteiger partial charge in [-0.2, -0.15) is 11.8 Å². The first-order valence-electron chi connectivity index (χ1n) is 3.41. The van der Waals surface area contributed by atoms with Crippen molar-refractivity contribution in [3.8, 4) is 0 Å². The molecule has 0 aromatic heterocycles. The van der Waals surface area contributed by atoms with Gasteiger partial charge in [0.05, 0.1) is 0 Å². The molecule has 8 heavy (non-hydrogen) atoms. The van der Waals surface area contributed by atoms with Crippen molar-refractivity contribution >= 4 is 11.8 Å². The highest BCUT2D eigenvalue weighted by molar-refractivity contribution is 8.07. The molecule has 0 aliphatic carbocycles. The molecule has 1 saturated heterocycles. The molecule has 1 heteroatoms. The Morgan fingerprint density at radius 3 is 2.25 bits per heavy atom. The van der Waals surface area contributed by atoms with Crippen LogP contribution in [0.3, 0.4) is 0 Å². The van der Waals surface area contributed by atoms with Crippen LogP contribution in [0.4, 0.5) is 0 Å². The fourth-order valence-corrected chi connectivity index (χ4v) is 2.40. The van der Waals surface area contributed by atoms with E-state index in [9.17, 15) is 0 Å². The lowest BCUT2D eigenvalue weighted by Crippen LogP contribution is -2.00. The van der Waals surface area contributed by atoms with Gasteiger partial charge >= 0.3 is 0 Å². The minimum atomic E-state index is 0.907. The monoisotopic (exact) mass is 130 g/mol. The summed E-state index contributed by atoms with van der Waals surface area (Å²) in [5.41, 5.74) is 0. The third-order valence-corrected chi connectivity index (χ3v) is 3.53. The molecule has 0 saturated carbocycles. The van der Waals surface area contributed by atoms with Crippen molar-refractivity contribution in [3.63, 3.8) is 0 Å². The fraction of sp³-hybridized carbons (Fsp3) is 1.00. The van der Waals surface area contributed by atoms with Crippen molar-refractivity contribution in [1.29, 1.82) is 0 Å². The van der Waals surface area contributed by atoms with E-state index in [-0.39, 0.29) is 0 Å². The smallest absolute Gasteiger partial charge is 0.0192 e. The summed E-state index contributed by atoms with van der Waals surface area (Å²) in [5, 5.41) is 2.01. The van der Waals surface area contributed by atoms with Gasteiger partial charge in [0.1, 0.15) is 0 Å². The zero-order valence-electron chi connectivity index (χ0n) is 5.85. The summed E-state index contributed by atoms with van der Waals surface area (Å²) >= 11 is 2.14. The van der Waals surface area contributed by atoms with Gasteiger partial charge in [-0.3, -0.25) is 0 Å². The first-order valence-corrected chi connectivity index (χ1v) is 4.35. The van der Waals surface area contributed by atoms with Crippen LogP contribution in [0.5, 0.6) is 0 Å². The van der Waals surface area contributed by atoms with E-state index in [1.54, 1.807) is 0 Å². The molecule has 0 aromatic rings. The topological polar surface area (TPSA) is 0 Å². The zero-order valence-corrected chi connectivity index (χ0v) is 6.66. The van der Waals surface area contributed by atoms with Crippen LogP contribution in [-0.2, 0) is 0 Å². The standard InChI is InChI=1S/C7H14S/c1-4-6-7(8-6)5(2)3/h5-7H,4H2,1-3H3. The minimum absolute atomic E-state index is 0.907. The van der Waals surface area contributed by atoms with Crippen LogP contribution in [0.25, 0.3) is 0 Å². The van der Waals surface area contributed by atoms with Crippen LogP contribution < -0.4 is 0 Å². The Morgan fingerprint density at radius 2 is 2.12 bits per heavy atom. The molecule has 0 N–H and O–H groups in total. The minimum Gasteiger partial charge on any atom is -0.153 e. The van der Waals surface area contributed by atoms with E-state index in [2.05, 4.69) is 32.5 Å². The Bertz CT molecular complexity index is 78.5. The summed E-state index contributed by atoms with van der Waals surface area (Å²) in [7, 11) is 0. The van der Waals surface area contributed by atoms with E-state index in [1.807, 2.05) is 0 Å². The van der Waals surface area contributed by atoms with Crippen LogP contribution in [0.1, 0.15) is 27.2 Å². The Labute approximate surface area is 56.0 Å². The molecule has 2 atom stereocenters. The molecular weight excluding hydrogens is 116 g/mol. The maximum Gasteiger partial charge on any atom is 0.0192 e. The van der Waals surface area contributed by atoms with Crippen LogP contribution in [-0.4, -0.2) is 10.5 Å². The quantitative estimate of drug-likeness (QED) is 0.518. The molecule has 1 fully saturated rings. The molecule has 0 aromatic carbocycles. The molecule has 0 bridgehead atoms. The first-order chi connectivity index (χ1) is 3.75. The van der Waals surface area contributed by atoms with Crippen LogP contribution in [0.15, 0.2) is 0 Å². The van der Waals surface area contributed by atoms with Crippen LogP contribution in [0.2, 0.25) is 0 Å². The van der Waals surface area contributed by atoms with E-state index in [0.29, 0.717) is 0 Å². The van der Waals surface area contributed by atoms with Crippen molar-refractivity contribution in [2.24, 2.45) is 5.92 Å². The van der Waals surface area contributed by atoms with Crippen molar-refractivity contribution in [2.45, 2.75) is 37.7 Å². The summed E-state index contributed by atoms with van der Waals surface area (Å²) < 4.78 is 0. The molecule has 2 unspecified atom stereocenters. The number of rotatable bonds is 2. The highest BCUT2D eigenvalue weighted by atomic mass is 32.2. The Hall–Kier alpha value is 0.350. The second-order valence-electron chi connectivity index (χ2n) is 2.79. The van der Waals surface area contributed by atoms with Gasteiger partial charge in [0, 0.05) is 10.5 Å². The van der Waals surface area contributed by atoms with Gasteiger partial charge in [0.2, 0.25) is 0 Å². The predicted octanol–water partition coefficient (Wildman–Crippen LogP) is 2.54. The molecular formula is C7H14S. The van der Waals surface area contributed by atoms with Gasteiger partial charge in [0.15, 0.2) is 0 Å². The average molecular weight is 130 g/mol. The molecule has 1 rings (SSSR count). The van der Waals surface area contributed by atoms with E-state index in [1.165, 1.54) is 6.42 Å². The molecule has 0 amide bonds.